The van der Waals surface area contributed by atoms with Crippen LogP contribution in [0.25, 0.3) is 11.1 Å². The Bertz CT molecular complexity index is 792. The van der Waals surface area contributed by atoms with Crippen LogP contribution in [0.3, 0.4) is 0 Å². The molecule has 2 rings (SSSR count). The summed E-state index contributed by atoms with van der Waals surface area (Å²) in [7, 11) is 0. The van der Waals surface area contributed by atoms with Crippen molar-refractivity contribution in [3.8, 4) is 29.4 Å². The van der Waals surface area contributed by atoms with Gasteiger partial charge in [0.05, 0.1) is 0 Å². The van der Waals surface area contributed by atoms with E-state index in [1.807, 2.05) is 19.1 Å². The maximum absolute atomic E-state index is 12.0. The molecule has 2 N–H and O–H groups in total. The van der Waals surface area contributed by atoms with Crippen molar-refractivity contribution in [2.75, 3.05) is 0 Å². The second-order valence-corrected chi connectivity index (χ2v) is 4.78. The lowest BCUT2D eigenvalue weighted by Gasteiger charge is -2.11. The van der Waals surface area contributed by atoms with Crippen LogP contribution in [0.5, 0.6) is 5.88 Å². The highest BCUT2D eigenvalue weighted by molar-refractivity contribution is 5.67. The van der Waals surface area contributed by atoms with Gasteiger partial charge in [0.1, 0.15) is 5.56 Å². The molecule has 0 amide bonds. The number of aromatic hydroxyl groups is 1. The Hall–Kier alpha value is -2.74. The first-order valence-electron chi connectivity index (χ1n) is 6.61. The number of H-pyrrole nitrogens is 1. The second-order valence-electron chi connectivity index (χ2n) is 4.78. The molecule has 0 unspecified atom stereocenters. The lowest BCUT2D eigenvalue weighted by molar-refractivity contribution is 0.399. The van der Waals surface area contributed by atoms with Gasteiger partial charge in [-0.3, -0.25) is 14.3 Å². The molecule has 0 bridgehead atoms. The second kappa shape index (κ2) is 6.14. The average Bonchev–Trinajstić information content (AvgIpc) is 2.44. The standard InChI is InChI=1S/C16H16N2O3/c1-3-4-5-10-18-15(20)13(14(19)17-16(18)21)12-8-6-11(2)7-9-12/h1,6-9,20H,4-5,10H2,2H3,(H,17,19,21). The highest BCUT2D eigenvalue weighted by Gasteiger charge is 2.15. The number of hydrogen-bond acceptors (Lipinski definition) is 3. The summed E-state index contributed by atoms with van der Waals surface area (Å²) in [5, 5.41) is 10.3. The van der Waals surface area contributed by atoms with Gasteiger partial charge in [-0.05, 0) is 18.9 Å². The topological polar surface area (TPSA) is 75.1 Å². The van der Waals surface area contributed by atoms with Gasteiger partial charge in [-0.25, -0.2) is 4.79 Å². The zero-order valence-electron chi connectivity index (χ0n) is 11.7. The third-order valence-electron chi connectivity index (χ3n) is 3.22. The molecule has 2 aromatic rings. The number of hydrogen-bond donors (Lipinski definition) is 2. The van der Waals surface area contributed by atoms with Gasteiger partial charge in [0.15, 0.2) is 0 Å². The SMILES string of the molecule is C#CCCCn1c(O)c(-c2ccc(C)cc2)c(=O)[nH]c1=O. The Morgan fingerprint density at radius 1 is 1.29 bits per heavy atom. The highest BCUT2D eigenvalue weighted by atomic mass is 16.3. The third-order valence-corrected chi connectivity index (χ3v) is 3.22. The molecule has 0 fully saturated rings. The van der Waals surface area contributed by atoms with Crippen LogP contribution in [0.2, 0.25) is 0 Å². The molecule has 1 aromatic heterocycles. The van der Waals surface area contributed by atoms with Crippen molar-refractivity contribution in [3.05, 3.63) is 50.7 Å². The Kier molecular flexibility index (Phi) is 4.29. The molecule has 5 heteroatoms. The van der Waals surface area contributed by atoms with Gasteiger partial charge in [-0.1, -0.05) is 29.8 Å². The average molecular weight is 284 g/mol. The van der Waals surface area contributed by atoms with Gasteiger partial charge >= 0.3 is 5.69 Å². The summed E-state index contributed by atoms with van der Waals surface area (Å²) >= 11 is 0. The molecule has 5 nitrogen and oxygen atoms in total. The summed E-state index contributed by atoms with van der Waals surface area (Å²) in [5.41, 5.74) is 0.456. The number of unbranched alkanes of at least 4 members (excludes halogenated alkanes) is 1. The van der Waals surface area contributed by atoms with E-state index in [2.05, 4.69) is 10.9 Å². The molecule has 0 spiro atoms. The molecule has 0 atom stereocenters. The predicted octanol–water partition coefficient (Wildman–Crippen LogP) is 1.63. The van der Waals surface area contributed by atoms with E-state index >= 15 is 0 Å². The fraction of sp³-hybridized carbons (Fsp3) is 0.250. The number of aromatic nitrogens is 2. The summed E-state index contributed by atoms with van der Waals surface area (Å²) in [4.78, 5) is 26.0. The van der Waals surface area contributed by atoms with Crippen LogP contribution in [0, 0.1) is 19.3 Å². The lowest BCUT2D eigenvalue weighted by Crippen LogP contribution is -2.31. The van der Waals surface area contributed by atoms with Gasteiger partial charge in [-0.15, -0.1) is 12.3 Å². The molecule has 0 saturated carbocycles. The van der Waals surface area contributed by atoms with Crippen LogP contribution in [0.15, 0.2) is 33.9 Å². The first-order valence-corrected chi connectivity index (χ1v) is 6.61. The molecule has 0 radical (unpaired) electrons. The summed E-state index contributed by atoms with van der Waals surface area (Å²) in [6.45, 7) is 2.18. The van der Waals surface area contributed by atoms with E-state index in [-0.39, 0.29) is 18.0 Å². The van der Waals surface area contributed by atoms with Crippen molar-refractivity contribution in [3.63, 3.8) is 0 Å². The van der Waals surface area contributed by atoms with Crippen LogP contribution in [-0.2, 0) is 6.54 Å². The summed E-state index contributed by atoms with van der Waals surface area (Å²) < 4.78 is 1.13. The van der Waals surface area contributed by atoms with Crippen molar-refractivity contribution < 1.29 is 5.11 Å². The molecular weight excluding hydrogens is 268 g/mol. The van der Waals surface area contributed by atoms with E-state index < -0.39 is 11.2 Å². The number of aromatic amines is 1. The zero-order valence-corrected chi connectivity index (χ0v) is 11.7. The fourth-order valence-electron chi connectivity index (χ4n) is 2.09. The quantitative estimate of drug-likeness (QED) is 0.662. The van der Waals surface area contributed by atoms with Gasteiger partial charge in [-0.2, -0.15) is 0 Å². The number of nitrogens with zero attached hydrogens (tertiary/aromatic N) is 1. The summed E-state index contributed by atoms with van der Waals surface area (Å²) in [6, 6.07) is 7.13. The largest absolute Gasteiger partial charge is 0.494 e. The van der Waals surface area contributed by atoms with Crippen molar-refractivity contribution in [1.29, 1.82) is 0 Å². The molecule has 21 heavy (non-hydrogen) atoms. The molecule has 108 valence electrons. The lowest BCUT2D eigenvalue weighted by atomic mass is 10.1. The van der Waals surface area contributed by atoms with Crippen molar-refractivity contribution >= 4 is 0 Å². The third kappa shape index (κ3) is 3.06. The van der Waals surface area contributed by atoms with E-state index in [0.717, 1.165) is 10.1 Å². The first-order chi connectivity index (χ1) is 10.0. The van der Waals surface area contributed by atoms with E-state index in [1.165, 1.54) is 0 Å². The predicted molar refractivity (Wildman–Crippen MR) is 81.2 cm³/mol. The van der Waals surface area contributed by atoms with Crippen LogP contribution in [0.4, 0.5) is 0 Å². The fourth-order valence-corrected chi connectivity index (χ4v) is 2.09. The maximum Gasteiger partial charge on any atom is 0.331 e. The number of benzene rings is 1. The zero-order chi connectivity index (χ0) is 15.4. The van der Waals surface area contributed by atoms with Crippen LogP contribution >= 0.6 is 0 Å². The van der Waals surface area contributed by atoms with Gasteiger partial charge in [0.25, 0.3) is 5.56 Å². The minimum atomic E-state index is -0.634. The molecule has 1 heterocycles. The van der Waals surface area contributed by atoms with Crippen LogP contribution in [-0.4, -0.2) is 14.7 Å². The molecule has 0 aliphatic heterocycles. The summed E-state index contributed by atoms with van der Waals surface area (Å²) in [5.74, 6) is 2.14. The van der Waals surface area contributed by atoms with Gasteiger partial charge in [0, 0.05) is 13.0 Å². The molecule has 0 saturated heterocycles. The normalized spacial score (nSPS) is 10.3. The Labute approximate surface area is 121 Å². The van der Waals surface area contributed by atoms with Crippen LogP contribution < -0.4 is 11.2 Å². The number of rotatable bonds is 4. The minimum Gasteiger partial charge on any atom is -0.494 e. The Morgan fingerprint density at radius 3 is 2.57 bits per heavy atom. The van der Waals surface area contributed by atoms with Gasteiger partial charge < -0.3 is 5.11 Å². The minimum absolute atomic E-state index is 0.0929. The van der Waals surface area contributed by atoms with E-state index in [4.69, 9.17) is 6.42 Å². The van der Waals surface area contributed by atoms with Gasteiger partial charge in [0.2, 0.25) is 5.88 Å². The smallest absolute Gasteiger partial charge is 0.331 e. The highest BCUT2D eigenvalue weighted by Crippen LogP contribution is 2.24. The monoisotopic (exact) mass is 284 g/mol. The van der Waals surface area contributed by atoms with E-state index in [1.54, 1.807) is 12.1 Å². The molecular formula is C16H16N2O3. The number of nitrogens with one attached hydrogen (secondary N) is 1. The van der Waals surface area contributed by atoms with E-state index in [0.29, 0.717) is 18.4 Å². The molecule has 0 aliphatic rings. The first kappa shape index (κ1) is 14.7. The maximum atomic E-state index is 12.0. The van der Waals surface area contributed by atoms with Crippen molar-refractivity contribution in [2.24, 2.45) is 0 Å². The Balaban J connectivity index is 2.54. The van der Waals surface area contributed by atoms with Crippen molar-refractivity contribution in [1.82, 2.24) is 9.55 Å². The van der Waals surface area contributed by atoms with Crippen molar-refractivity contribution in [2.45, 2.75) is 26.3 Å². The van der Waals surface area contributed by atoms with Crippen LogP contribution in [0.1, 0.15) is 18.4 Å². The number of aryl methyl sites for hydroxylation is 1. The molecule has 0 aliphatic carbocycles. The van der Waals surface area contributed by atoms with E-state index in [9.17, 15) is 14.7 Å². The number of terminal acetylenes is 1. The Morgan fingerprint density at radius 2 is 1.95 bits per heavy atom. The molecule has 1 aromatic carbocycles. The summed E-state index contributed by atoms with van der Waals surface area (Å²) in [6.07, 6.45) is 6.21.